The number of benzene rings is 2. The van der Waals surface area contributed by atoms with E-state index in [1.54, 1.807) is 35.7 Å². The van der Waals surface area contributed by atoms with Crippen LogP contribution in [0.25, 0.3) is 16.9 Å². The highest BCUT2D eigenvalue weighted by atomic mass is 32.2. The Bertz CT molecular complexity index is 1270. The molecule has 0 spiro atoms. The van der Waals surface area contributed by atoms with E-state index in [2.05, 4.69) is 39.7 Å². The van der Waals surface area contributed by atoms with Crippen LogP contribution in [0.2, 0.25) is 0 Å². The quantitative estimate of drug-likeness (QED) is 0.309. The first kappa shape index (κ1) is 22.5. The molecular formula is C24H23N5O3S. The molecule has 0 saturated heterocycles. The molecule has 0 fully saturated rings. The first-order chi connectivity index (χ1) is 16.1. The van der Waals surface area contributed by atoms with E-state index in [0.29, 0.717) is 28.7 Å². The average Bonchev–Trinajstić information content (AvgIpc) is 3.25. The number of rotatable bonds is 8. The van der Waals surface area contributed by atoms with E-state index >= 15 is 0 Å². The number of hydrogen-bond acceptors (Lipinski definition) is 7. The smallest absolute Gasteiger partial charge is 0.338 e. The predicted octanol–water partition coefficient (Wildman–Crippen LogP) is 4.26. The van der Waals surface area contributed by atoms with Crippen molar-refractivity contribution >= 4 is 35.0 Å². The minimum Gasteiger partial charge on any atom is -0.462 e. The van der Waals surface area contributed by atoms with Crippen molar-refractivity contribution in [1.82, 2.24) is 19.8 Å². The summed E-state index contributed by atoms with van der Waals surface area (Å²) >= 11 is 1.25. The number of amides is 1. The fraction of sp³-hybridized carbons (Fsp3) is 0.208. The second-order valence-electron chi connectivity index (χ2n) is 7.16. The SMILES string of the molecule is CCOC(=O)c1ccc(NC(=O)CSc2nnc3ccc(-c4ccc(CC)cc4)nn23)cc1. The number of carbonyl (C=O) groups excluding carboxylic acids is 2. The minimum absolute atomic E-state index is 0.136. The van der Waals surface area contributed by atoms with Crippen molar-refractivity contribution in [2.45, 2.75) is 25.4 Å². The average molecular weight is 462 g/mol. The van der Waals surface area contributed by atoms with Gasteiger partial charge in [0.1, 0.15) is 0 Å². The summed E-state index contributed by atoms with van der Waals surface area (Å²) < 4.78 is 6.61. The summed E-state index contributed by atoms with van der Waals surface area (Å²) in [5, 5.41) is 16.3. The lowest BCUT2D eigenvalue weighted by molar-refractivity contribution is -0.113. The largest absolute Gasteiger partial charge is 0.462 e. The number of fused-ring (bicyclic) bond motifs is 1. The normalized spacial score (nSPS) is 10.8. The molecule has 8 nitrogen and oxygen atoms in total. The van der Waals surface area contributed by atoms with Gasteiger partial charge in [0.2, 0.25) is 11.1 Å². The van der Waals surface area contributed by atoms with Crippen LogP contribution in [0.5, 0.6) is 0 Å². The number of esters is 1. The van der Waals surface area contributed by atoms with Crippen molar-refractivity contribution in [3.05, 3.63) is 71.8 Å². The van der Waals surface area contributed by atoms with Crippen LogP contribution in [0, 0.1) is 0 Å². The zero-order chi connectivity index (χ0) is 23.2. The van der Waals surface area contributed by atoms with Crippen LogP contribution in [-0.4, -0.2) is 44.0 Å². The summed E-state index contributed by atoms with van der Waals surface area (Å²) in [6.07, 6.45) is 0.983. The Morgan fingerprint density at radius 2 is 1.73 bits per heavy atom. The van der Waals surface area contributed by atoms with Crippen molar-refractivity contribution in [3.63, 3.8) is 0 Å². The highest BCUT2D eigenvalue weighted by Crippen LogP contribution is 2.21. The van der Waals surface area contributed by atoms with E-state index in [9.17, 15) is 9.59 Å². The first-order valence-corrected chi connectivity index (χ1v) is 11.6. The Labute approximate surface area is 195 Å². The third-order valence-electron chi connectivity index (χ3n) is 4.90. The maximum absolute atomic E-state index is 12.4. The highest BCUT2D eigenvalue weighted by molar-refractivity contribution is 7.99. The van der Waals surface area contributed by atoms with Gasteiger partial charge in [0, 0.05) is 11.3 Å². The van der Waals surface area contributed by atoms with Crippen LogP contribution in [0.3, 0.4) is 0 Å². The maximum atomic E-state index is 12.4. The maximum Gasteiger partial charge on any atom is 0.338 e. The van der Waals surface area contributed by atoms with Crippen LogP contribution in [0.4, 0.5) is 5.69 Å². The molecule has 1 amide bonds. The molecule has 0 bridgehead atoms. The van der Waals surface area contributed by atoms with E-state index in [1.807, 2.05) is 24.3 Å². The van der Waals surface area contributed by atoms with Gasteiger partial charge >= 0.3 is 5.97 Å². The molecule has 9 heteroatoms. The van der Waals surface area contributed by atoms with Gasteiger partial charge in [-0.25, -0.2) is 4.79 Å². The molecule has 0 aliphatic heterocycles. The van der Waals surface area contributed by atoms with Gasteiger partial charge in [-0.1, -0.05) is 43.0 Å². The van der Waals surface area contributed by atoms with E-state index in [1.165, 1.54) is 17.3 Å². The Balaban J connectivity index is 1.41. The topological polar surface area (TPSA) is 98.5 Å². The first-order valence-electron chi connectivity index (χ1n) is 10.6. The molecule has 0 aliphatic rings. The molecule has 4 aromatic rings. The van der Waals surface area contributed by atoms with Gasteiger partial charge in [-0.2, -0.15) is 9.61 Å². The minimum atomic E-state index is -0.391. The molecule has 33 heavy (non-hydrogen) atoms. The monoisotopic (exact) mass is 461 g/mol. The Hall–Kier alpha value is -3.72. The fourth-order valence-electron chi connectivity index (χ4n) is 3.16. The van der Waals surface area contributed by atoms with Crippen LogP contribution < -0.4 is 5.32 Å². The molecule has 168 valence electrons. The fourth-order valence-corrected chi connectivity index (χ4v) is 3.84. The lowest BCUT2D eigenvalue weighted by Gasteiger charge is -2.06. The molecule has 0 saturated carbocycles. The van der Waals surface area contributed by atoms with E-state index in [4.69, 9.17) is 4.74 Å². The van der Waals surface area contributed by atoms with Crippen molar-refractivity contribution in [2.75, 3.05) is 17.7 Å². The van der Waals surface area contributed by atoms with Crippen LogP contribution >= 0.6 is 11.8 Å². The van der Waals surface area contributed by atoms with Crippen LogP contribution in [0.1, 0.15) is 29.8 Å². The van der Waals surface area contributed by atoms with Gasteiger partial charge in [0.05, 0.1) is 23.6 Å². The predicted molar refractivity (Wildman–Crippen MR) is 127 cm³/mol. The number of thioether (sulfide) groups is 1. The molecule has 0 atom stereocenters. The summed E-state index contributed by atoms with van der Waals surface area (Å²) in [7, 11) is 0. The lowest BCUT2D eigenvalue weighted by Crippen LogP contribution is -2.14. The molecule has 0 aliphatic carbocycles. The summed E-state index contributed by atoms with van der Waals surface area (Å²) in [5.74, 6) is -0.456. The summed E-state index contributed by atoms with van der Waals surface area (Å²) in [5.41, 5.74) is 4.71. The van der Waals surface area contributed by atoms with Crippen molar-refractivity contribution in [1.29, 1.82) is 0 Å². The Morgan fingerprint density at radius 3 is 2.42 bits per heavy atom. The Morgan fingerprint density at radius 1 is 0.970 bits per heavy atom. The molecule has 2 aromatic heterocycles. The lowest BCUT2D eigenvalue weighted by atomic mass is 10.1. The van der Waals surface area contributed by atoms with Gasteiger partial charge in [-0.15, -0.1) is 10.2 Å². The number of ether oxygens (including phenoxy) is 1. The third kappa shape index (κ3) is 5.38. The highest BCUT2D eigenvalue weighted by Gasteiger charge is 2.12. The molecule has 2 aromatic carbocycles. The molecular weight excluding hydrogens is 438 g/mol. The molecule has 2 heterocycles. The van der Waals surface area contributed by atoms with Crippen molar-refractivity contribution in [2.24, 2.45) is 0 Å². The van der Waals surface area contributed by atoms with Gasteiger partial charge in [0.25, 0.3) is 0 Å². The number of hydrogen-bond donors (Lipinski definition) is 1. The van der Waals surface area contributed by atoms with Crippen LogP contribution in [-0.2, 0) is 16.0 Å². The van der Waals surface area contributed by atoms with Crippen molar-refractivity contribution < 1.29 is 14.3 Å². The van der Waals surface area contributed by atoms with E-state index < -0.39 is 5.97 Å². The van der Waals surface area contributed by atoms with E-state index in [0.717, 1.165) is 17.7 Å². The third-order valence-corrected chi connectivity index (χ3v) is 5.82. The van der Waals surface area contributed by atoms with Gasteiger partial charge < -0.3 is 10.1 Å². The molecule has 4 rings (SSSR count). The number of carbonyl (C=O) groups is 2. The zero-order valence-electron chi connectivity index (χ0n) is 18.3. The van der Waals surface area contributed by atoms with Gasteiger partial charge in [-0.3, -0.25) is 4.79 Å². The van der Waals surface area contributed by atoms with Gasteiger partial charge in [-0.05, 0) is 55.3 Å². The summed E-state index contributed by atoms with van der Waals surface area (Å²) in [4.78, 5) is 24.1. The second-order valence-corrected chi connectivity index (χ2v) is 8.10. The Kier molecular flexibility index (Phi) is 6.99. The molecule has 0 unspecified atom stereocenters. The zero-order valence-corrected chi connectivity index (χ0v) is 19.1. The summed E-state index contributed by atoms with van der Waals surface area (Å²) in [6.45, 7) is 4.19. The number of nitrogens with one attached hydrogen (secondary N) is 1. The van der Waals surface area contributed by atoms with Crippen LogP contribution in [0.15, 0.2) is 65.8 Å². The number of aromatic nitrogens is 4. The number of aryl methyl sites for hydroxylation is 1. The van der Waals surface area contributed by atoms with E-state index in [-0.39, 0.29) is 11.7 Å². The summed E-state index contributed by atoms with van der Waals surface area (Å²) in [6, 6.07) is 18.6. The molecule has 0 radical (unpaired) electrons. The van der Waals surface area contributed by atoms with Crippen molar-refractivity contribution in [3.8, 4) is 11.3 Å². The molecule has 1 N–H and O–H groups in total. The second kappa shape index (κ2) is 10.3. The number of nitrogens with zero attached hydrogens (tertiary/aromatic N) is 4. The number of anilines is 1. The standard InChI is InChI=1S/C24H23N5O3S/c1-3-16-5-7-17(8-6-16)20-13-14-21-26-27-24(29(21)28-20)33-15-22(30)25-19-11-9-18(10-12-19)23(31)32-4-2/h5-14H,3-4,15H2,1-2H3,(H,25,30). The van der Waals surface area contributed by atoms with Gasteiger partial charge in [0.15, 0.2) is 5.65 Å².